The van der Waals surface area contributed by atoms with Gasteiger partial charge in [0.05, 0.1) is 21.3 Å². The molecule has 8 heteroatoms. The smallest absolute Gasteiger partial charge is 0.257 e. The topological polar surface area (TPSA) is 52.7 Å². The molecule has 0 radical (unpaired) electrons. The van der Waals surface area contributed by atoms with Crippen LogP contribution in [0.25, 0.3) is 0 Å². The van der Waals surface area contributed by atoms with Gasteiger partial charge in [-0.1, -0.05) is 41.7 Å². The molecule has 2 amide bonds. The Morgan fingerprint density at radius 3 is 2.34 bits per heavy atom. The van der Waals surface area contributed by atoms with Crippen LogP contribution in [0, 0.1) is 0 Å². The average molecular weight is 455 g/mol. The molecule has 1 heterocycles. The average Bonchev–Trinajstić information content (AvgIpc) is 2.70. The summed E-state index contributed by atoms with van der Waals surface area (Å²) in [6, 6.07) is 10.1. The van der Waals surface area contributed by atoms with E-state index < -0.39 is 0 Å². The molecule has 0 atom stereocenters. The molecule has 1 aliphatic heterocycles. The molecule has 1 aliphatic rings. The Kier molecular flexibility index (Phi) is 7.28. The van der Waals surface area contributed by atoms with Crippen LogP contribution in [-0.4, -0.2) is 42.9 Å². The van der Waals surface area contributed by atoms with Crippen LogP contribution < -0.4 is 10.2 Å². The Morgan fingerprint density at radius 1 is 0.966 bits per heavy atom. The summed E-state index contributed by atoms with van der Waals surface area (Å²) >= 11 is 18.5. The van der Waals surface area contributed by atoms with Gasteiger partial charge in [-0.05, 0) is 42.8 Å². The molecule has 0 spiro atoms. The highest BCUT2D eigenvalue weighted by molar-refractivity contribution is 6.36. The molecule has 0 unspecified atom stereocenters. The highest BCUT2D eigenvalue weighted by Crippen LogP contribution is 2.30. The number of nitrogens with zero attached hydrogens (tertiary/aromatic N) is 2. The molecule has 154 valence electrons. The fourth-order valence-electron chi connectivity index (χ4n) is 3.28. The minimum Gasteiger partial charge on any atom is -0.367 e. The maximum absolute atomic E-state index is 12.5. The maximum atomic E-state index is 12.5. The number of nitrogens with one attached hydrogen (secondary N) is 1. The number of benzene rings is 2. The summed E-state index contributed by atoms with van der Waals surface area (Å²) in [4.78, 5) is 28.6. The van der Waals surface area contributed by atoms with Gasteiger partial charge in [0.15, 0.2) is 0 Å². The summed E-state index contributed by atoms with van der Waals surface area (Å²) in [5.74, 6) is -0.152. The van der Waals surface area contributed by atoms with Crippen molar-refractivity contribution in [1.82, 2.24) is 4.90 Å². The number of carbonyl (C=O) groups is 2. The van der Waals surface area contributed by atoms with Crippen molar-refractivity contribution in [2.75, 3.05) is 36.4 Å². The zero-order valence-corrected chi connectivity index (χ0v) is 18.3. The number of carbonyl (C=O) groups excluding carboxylic acids is 2. The Balaban J connectivity index is 1.66. The van der Waals surface area contributed by atoms with Gasteiger partial charge >= 0.3 is 0 Å². The molecule has 29 heavy (non-hydrogen) atoms. The van der Waals surface area contributed by atoms with Gasteiger partial charge in [0.25, 0.3) is 5.91 Å². The molecule has 5 nitrogen and oxygen atoms in total. The third kappa shape index (κ3) is 5.35. The first-order chi connectivity index (χ1) is 13.9. The van der Waals surface area contributed by atoms with Crippen molar-refractivity contribution in [1.29, 1.82) is 0 Å². The van der Waals surface area contributed by atoms with Gasteiger partial charge < -0.3 is 15.1 Å². The Hall–Kier alpha value is -1.95. The van der Waals surface area contributed by atoms with E-state index in [-0.39, 0.29) is 11.8 Å². The van der Waals surface area contributed by atoms with Crippen LogP contribution in [0.3, 0.4) is 0 Å². The fraction of sp³-hybridized carbons (Fsp3) is 0.333. The Labute approximate surface area is 185 Å². The van der Waals surface area contributed by atoms with E-state index >= 15 is 0 Å². The van der Waals surface area contributed by atoms with Gasteiger partial charge in [-0.3, -0.25) is 9.59 Å². The molecular formula is C21H22Cl3N3O2. The monoisotopic (exact) mass is 453 g/mol. The SMILES string of the molecule is CCCC(=O)N1CCN(c2ccc(NC(=O)c3cc(Cl)ccc3Cl)cc2Cl)CC1. The molecule has 3 rings (SSSR count). The zero-order chi connectivity index (χ0) is 21.0. The number of rotatable bonds is 5. The first-order valence-corrected chi connectivity index (χ1v) is 10.6. The van der Waals surface area contributed by atoms with Crippen LogP contribution in [0.1, 0.15) is 30.1 Å². The van der Waals surface area contributed by atoms with Gasteiger partial charge in [0.1, 0.15) is 0 Å². The molecule has 2 aromatic rings. The largest absolute Gasteiger partial charge is 0.367 e. The van der Waals surface area contributed by atoms with E-state index in [0.29, 0.717) is 45.8 Å². The third-order valence-electron chi connectivity index (χ3n) is 4.82. The van der Waals surface area contributed by atoms with Crippen molar-refractivity contribution < 1.29 is 9.59 Å². The Bertz CT molecular complexity index is 912. The summed E-state index contributed by atoms with van der Waals surface area (Å²) < 4.78 is 0. The summed E-state index contributed by atoms with van der Waals surface area (Å²) in [7, 11) is 0. The summed E-state index contributed by atoms with van der Waals surface area (Å²) in [5, 5.41) is 4.09. The number of piperazine rings is 1. The molecule has 1 N–H and O–H groups in total. The second-order valence-electron chi connectivity index (χ2n) is 6.86. The van der Waals surface area contributed by atoms with E-state index in [4.69, 9.17) is 34.8 Å². The predicted molar refractivity (Wildman–Crippen MR) is 120 cm³/mol. The molecule has 0 bridgehead atoms. The van der Waals surface area contributed by atoms with E-state index in [1.807, 2.05) is 17.9 Å². The normalized spacial score (nSPS) is 14.1. The zero-order valence-electron chi connectivity index (χ0n) is 16.1. The first kappa shape index (κ1) is 21.8. The fourth-order valence-corrected chi connectivity index (χ4v) is 3.96. The van der Waals surface area contributed by atoms with E-state index in [0.717, 1.165) is 25.2 Å². The van der Waals surface area contributed by atoms with Crippen molar-refractivity contribution in [2.45, 2.75) is 19.8 Å². The van der Waals surface area contributed by atoms with Crippen LogP contribution in [0.2, 0.25) is 15.1 Å². The lowest BCUT2D eigenvalue weighted by Crippen LogP contribution is -2.48. The van der Waals surface area contributed by atoms with Gasteiger partial charge in [-0.2, -0.15) is 0 Å². The summed E-state index contributed by atoms with van der Waals surface area (Å²) in [6.07, 6.45) is 1.45. The van der Waals surface area contributed by atoms with Crippen LogP contribution in [0.5, 0.6) is 0 Å². The minimum atomic E-state index is -0.357. The predicted octanol–water partition coefficient (Wildman–Crippen LogP) is 5.35. The van der Waals surface area contributed by atoms with Crippen molar-refractivity contribution >= 4 is 58.0 Å². The maximum Gasteiger partial charge on any atom is 0.257 e. The van der Waals surface area contributed by atoms with E-state index in [9.17, 15) is 9.59 Å². The Morgan fingerprint density at radius 2 is 1.69 bits per heavy atom. The van der Waals surface area contributed by atoms with Crippen LogP contribution in [0.4, 0.5) is 11.4 Å². The van der Waals surface area contributed by atoms with Gasteiger partial charge in [-0.25, -0.2) is 0 Å². The van der Waals surface area contributed by atoms with Crippen molar-refractivity contribution in [3.05, 3.63) is 57.0 Å². The molecule has 0 aliphatic carbocycles. The third-order valence-corrected chi connectivity index (χ3v) is 5.68. The number of hydrogen-bond donors (Lipinski definition) is 1. The quantitative estimate of drug-likeness (QED) is 0.663. The first-order valence-electron chi connectivity index (χ1n) is 9.47. The van der Waals surface area contributed by atoms with Crippen molar-refractivity contribution in [3.63, 3.8) is 0 Å². The van der Waals surface area contributed by atoms with Crippen LogP contribution in [0.15, 0.2) is 36.4 Å². The highest BCUT2D eigenvalue weighted by Gasteiger charge is 2.22. The molecule has 0 aromatic heterocycles. The van der Waals surface area contributed by atoms with Crippen molar-refractivity contribution in [2.24, 2.45) is 0 Å². The van der Waals surface area contributed by atoms with Gasteiger partial charge in [-0.15, -0.1) is 0 Å². The number of halogens is 3. The van der Waals surface area contributed by atoms with Crippen LogP contribution in [-0.2, 0) is 4.79 Å². The summed E-state index contributed by atoms with van der Waals surface area (Å²) in [5.41, 5.74) is 1.75. The molecule has 0 saturated carbocycles. The standard InChI is InChI=1S/C21H22Cl3N3O2/c1-2-3-20(28)27-10-8-26(9-11-27)19-7-5-15(13-18(19)24)25-21(29)16-12-14(22)4-6-17(16)23/h4-7,12-13H,2-3,8-11H2,1H3,(H,25,29). The number of amides is 2. The summed E-state index contributed by atoms with van der Waals surface area (Å²) in [6.45, 7) is 4.81. The van der Waals surface area contributed by atoms with Crippen molar-refractivity contribution in [3.8, 4) is 0 Å². The molecule has 1 fully saturated rings. The van der Waals surface area contributed by atoms with Gasteiger partial charge in [0.2, 0.25) is 5.91 Å². The van der Waals surface area contributed by atoms with Gasteiger partial charge in [0, 0.05) is 43.3 Å². The molecule has 1 saturated heterocycles. The lowest BCUT2D eigenvalue weighted by molar-refractivity contribution is -0.131. The van der Waals surface area contributed by atoms with E-state index in [2.05, 4.69) is 10.2 Å². The lowest BCUT2D eigenvalue weighted by Gasteiger charge is -2.36. The second-order valence-corrected chi connectivity index (χ2v) is 8.11. The van der Waals surface area contributed by atoms with E-state index in [1.54, 1.807) is 24.3 Å². The minimum absolute atomic E-state index is 0.205. The lowest BCUT2D eigenvalue weighted by atomic mass is 10.2. The number of hydrogen-bond acceptors (Lipinski definition) is 3. The highest BCUT2D eigenvalue weighted by atomic mass is 35.5. The van der Waals surface area contributed by atoms with E-state index in [1.165, 1.54) is 6.07 Å². The number of anilines is 2. The molecule has 2 aromatic carbocycles. The molecular weight excluding hydrogens is 433 g/mol. The second kappa shape index (κ2) is 9.70. The van der Waals surface area contributed by atoms with Crippen LogP contribution >= 0.6 is 34.8 Å².